The second-order valence-electron chi connectivity index (χ2n) is 8.72. The zero-order valence-corrected chi connectivity index (χ0v) is 24.9. The highest BCUT2D eigenvalue weighted by molar-refractivity contribution is 9.10. The first-order valence-corrected chi connectivity index (χ1v) is 15.0. The van der Waals surface area contributed by atoms with Crippen LogP contribution >= 0.6 is 39.1 Å². The standard InChI is InChI=1S/C25H32BrCl2N3O4S/c1-6-17(4)29-25(33)23(7-2)30(14-18-8-11-21(27)22(28)13-18)24(32)15-31(36(5,34)35)19-9-10-20(26)16(3)12-19/h8-13,17,23H,6-7,14-15H2,1-5H3,(H,29,33)/t17-,23+/m0/s1. The smallest absolute Gasteiger partial charge is 0.244 e. The van der Waals surface area contributed by atoms with Crippen molar-refractivity contribution >= 4 is 66.7 Å². The van der Waals surface area contributed by atoms with E-state index in [-0.39, 0.29) is 18.5 Å². The second-order valence-corrected chi connectivity index (χ2v) is 12.3. The number of benzene rings is 2. The van der Waals surface area contributed by atoms with Crippen LogP contribution in [0.1, 0.15) is 44.7 Å². The van der Waals surface area contributed by atoms with Crippen LogP contribution in [0, 0.1) is 6.92 Å². The Kier molecular flexibility index (Phi) is 11.1. The quantitative estimate of drug-likeness (QED) is 0.357. The molecular formula is C25H32BrCl2N3O4S. The summed E-state index contributed by atoms with van der Waals surface area (Å²) in [5.74, 6) is -0.816. The van der Waals surface area contributed by atoms with E-state index in [9.17, 15) is 18.0 Å². The van der Waals surface area contributed by atoms with E-state index in [4.69, 9.17) is 23.2 Å². The predicted octanol–water partition coefficient (Wildman–Crippen LogP) is 5.55. The van der Waals surface area contributed by atoms with Gasteiger partial charge in [-0.1, -0.05) is 59.0 Å². The highest BCUT2D eigenvalue weighted by Gasteiger charge is 2.32. The number of anilines is 1. The lowest BCUT2D eigenvalue weighted by molar-refractivity contribution is -0.140. The minimum absolute atomic E-state index is 0.0547. The van der Waals surface area contributed by atoms with Gasteiger partial charge in [-0.15, -0.1) is 0 Å². The van der Waals surface area contributed by atoms with Crippen molar-refractivity contribution in [2.24, 2.45) is 0 Å². The first-order valence-electron chi connectivity index (χ1n) is 11.6. The van der Waals surface area contributed by atoms with E-state index in [1.54, 1.807) is 36.4 Å². The van der Waals surface area contributed by atoms with Crippen LogP contribution < -0.4 is 9.62 Å². The summed E-state index contributed by atoms with van der Waals surface area (Å²) >= 11 is 15.6. The molecule has 0 unspecified atom stereocenters. The molecular weight excluding hydrogens is 589 g/mol. The van der Waals surface area contributed by atoms with Gasteiger partial charge in [-0.05, 0) is 68.1 Å². The van der Waals surface area contributed by atoms with Crippen molar-refractivity contribution in [3.8, 4) is 0 Å². The number of carbonyl (C=O) groups excluding carboxylic acids is 2. The van der Waals surface area contributed by atoms with Crippen molar-refractivity contribution in [2.45, 2.75) is 59.2 Å². The predicted molar refractivity (Wildman–Crippen MR) is 150 cm³/mol. The normalized spacial score (nSPS) is 13.1. The second kappa shape index (κ2) is 13.1. The fraction of sp³-hybridized carbons (Fsp3) is 0.440. The maximum Gasteiger partial charge on any atom is 0.244 e. The van der Waals surface area contributed by atoms with Crippen molar-refractivity contribution in [2.75, 3.05) is 17.1 Å². The third kappa shape index (κ3) is 8.10. The molecule has 198 valence electrons. The van der Waals surface area contributed by atoms with Gasteiger partial charge in [0.25, 0.3) is 0 Å². The van der Waals surface area contributed by atoms with Crippen molar-refractivity contribution in [3.63, 3.8) is 0 Å². The molecule has 0 radical (unpaired) electrons. The van der Waals surface area contributed by atoms with E-state index in [1.807, 2.05) is 27.7 Å². The van der Waals surface area contributed by atoms with Crippen molar-refractivity contribution in [1.82, 2.24) is 10.2 Å². The Morgan fingerprint density at radius 3 is 2.25 bits per heavy atom. The third-order valence-electron chi connectivity index (χ3n) is 5.83. The van der Waals surface area contributed by atoms with Crippen LogP contribution in [0.15, 0.2) is 40.9 Å². The zero-order chi connectivity index (χ0) is 27.2. The van der Waals surface area contributed by atoms with E-state index >= 15 is 0 Å². The number of hydrogen-bond acceptors (Lipinski definition) is 4. The van der Waals surface area contributed by atoms with Gasteiger partial charge in [0, 0.05) is 17.1 Å². The molecule has 0 aliphatic carbocycles. The Hall–Kier alpha value is -1.81. The molecule has 11 heteroatoms. The summed E-state index contributed by atoms with van der Waals surface area (Å²) < 4.78 is 27.3. The summed E-state index contributed by atoms with van der Waals surface area (Å²) in [6.07, 6.45) is 2.12. The third-order valence-corrected chi connectivity index (χ3v) is 8.60. The van der Waals surface area contributed by atoms with E-state index in [1.165, 1.54) is 4.90 Å². The summed E-state index contributed by atoms with van der Waals surface area (Å²) in [6, 6.07) is 9.14. The molecule has 2 amide bonds. The molecule has 7 nitrogen and oxygen atoms in total. The molecule has 0 bridgehead atoms. The number of halogens is 3. The number of amides is 2. The first kappa shape index (κ1) is 30.4. The van der Waals surface area contributed by atoms with Gasteiger partial charge in [0.1, 0.15) is 12.6 Å². The van der Waals surface area contributed by atoms with Crippen LogP contribution in [0.2, 0.25) is 10.0 Å². The molecule has 2 atom stereocenters. The number of nitrogens with zero attached hydrogens (tertiary/aromatic N) is 2. The summed E-state index contributed by atoms with van der Waals surface area (Å²) in [6.45, 7) is 7.07. The molecule has 0 aromatic heterocycles. The summed E-state index contributed by atoms with van der Waals surface area (Å²) in [5.41, 5.74) is 1.84. The van der Waals surface area contributed by atoms with Crippen LogP contribution in [0.3, 0.4) is 0 Å². The fourth-order valence-electron chi connectivity index (χ4n) is 3.59. The molecule has 2 rings (SSSR count). The Labute approximate surface area is 232 Å². The average Bonchev–Trinajstić information content (AvgIpc) is 2.80. The van der Waals surface area contributed by atoms with Gasteiger partial charge in [-0.3, -0.25) is 13.9 Å². The minimum Gasteiger partial charge on any atom is -0.352 e. The average molecular weight is 621 g/mol. The fourth-order valence-corrected chi connectivity index (χ4v) is 5.00. The van der Waals surface area contributed by atoms with Gasteiger partial charge < -0.3 is 10.2 Å². The van der Waals surface area contributed by atoms with Gasteiger partial charge in [-0.2, -0.15) is 0 Å². The van der Waals surface area contributed by atoms with Crippen molar-refractivity contribution < 1.29 is 18.0 Å². The molecule has 0 saturated carbocycles. The number of aryl methyl sites for hydroxylation is 1. The topological polar surface area (TPSA) is 86.8 Å². The lowest BCUT2D eigenvalue weighted by Crippen LogP contribution is -2.53. The Balaban J connectivity index is 2.48. The summed E-state index contributed by atoms with van der Waals surface area (Å²) in [5, 5.41) is 3.62. The highest BCUT2D eigenvalue weighted by atomic mass is 79.9. The van der Waals surface area contributed by atoms with Gasteiger partial charge in [0.2, 0.25) is 21.8 Å². The molecule has 0 spiro atoms. The van der Waals surface area contributed by atoms with Gasteiger partial charge >= 0.3 is 0 Å². The highest BCUT2D eigenvalue weighted by Crippen LogP contribution is 2.26. The minimum atomic E-state index is -3.81. The number of nitrogens with one attached hydrogen (secondary N) is 1. The summed E-state index contributed by atoms with van der Waals surface area (Å²) in [4.78, 5) is 28.3. The van der Waals surface area contributed by atoms with Gasteiger partial charge in [-0.25, -0.2) is 8.42 Å². The Morgan fingerprint density at radius 2 is 1.72 bits per heavy atom. The van der Waals surface area contributed by atoms with Crippen molar-refractivity contribution in [1.29, 1.82) is 0 Å². The molecule has 1 N–H and O–H groups in total. The van der Waals surface area contributed by atoms with E-state index < -0.39 is 28.5 Å². The summed E-state index contributed by atoms with van der Waals surface area (Å²) in [7, 11) is -3.81. The maximum absolute atomic E-state index is 13.7. The molecule has 2 aromatic rings. The molecule has 0 aliphatic rings. The van der Waals surface area contributed by atoms with Crippen LogP contribution in [0.25, 0.3) is 0 Å². The number of rotatable bonds is 11. The molecule has 0 aliphatic heterocycles. The van der Waals surface area contributed by atoms with Crippen LogP contribution in [0.5, 0.6) is 0 Å². The Bertz CT molecular complexity index is 1210. The molecule has 0 heterocycles. The zero-order valence-electron chi connectivity index (χ0n) is 21.0. The van der Waals surface area contributed by atoms with Crippen molar-refractivity contribution in [3.05, 3.63) is 62.0 Å². The van der Waals surface area contributed by atoms with Gasteiger partial charge in [0.05, 0.1) is 22.0 Å². The van der Waals surface area contributed by atoms with E-state index in [0.29, 0.717) is 27.7 Å². The maximum atomic E-state index is 13.7. The first-order chi connectivity index (χ1) is 16.8. The molecule has 0 fully saturated rings. The largest absolute Gasteiger partial charge is 0.352 e. The molecule has 0 saturated heterocycles. The van der Waals surface area contributed by atoms with Crippen LogP contribution in [-0.4, -0.2) is 50.0 Å². The number of hydrogen-bond donors (Lipinski definition) is 1. The lowest BCUT2D eigenvalue weighted by atomic mass is 10.1. The molecule has 2 aromatic carbocycles. The lowest BCUT2D eigenvalue weighted by Gasteiger charge is -2.33. The van der Waals surface area contributed by atoms with E-state index in [2.05, 4.69) is 21.2 Å². The van der Waals surface area contributed by atoms with E-state index in [0.717, 1.165) is 27.0 Å². The number of sulfonamides is 1. The molecule has 36 heavy (non-hydrogen) atoms. The SMILES string of the molecule is CC[C@H](C(=O)N[C@@H](C)CC)N(Cc1ccc(Cl)c(Cl)c1)C(=O)CN(c1ccc(Br)c(C)c1)S(C)(=O)=O. The van der Waals surface area contributed by atoms with Crippen LogP contribution in [0.4, 0.5) is 5.69 Å². The number of carbonyl (C=O) groups is 2. The van der Waals surface area contributed by atoms with Gasteiger partial charge in [0.15, 0.2) is 0 Å². The Morgan fingerprint density at radius 1 is 1.06 bits per heavy atom. The van der Waals surface area contributed by atoms with Crippen LogP contribution in [-0.2, 0) is 26.2 Å². The monoisotopic (exact) mass is 619 g/mol.